The second-order valence-electron chi connectivity index (χ2n) is 4.59. The summed E-state index contributed by atoms with van der Waals surface area (Å²) in [7, 11) is 0. The van der Waals surface area contributed by atoms with Crippen molar-refractivity contribution in [2.24, 2.45) is 5.73 Å². The standard InChI is InChI=1S/C15H10F5NO2/c16-14(17,13(21)22)11-5-1-9(2-6-11)10-3-7-12(8-4-10)23-15(18,19)20/h1-8H,(H2,21,22). The van der Waals surface area contributed by atoms with Crippen molar-refractivity contribution in [3.8, 4) is 16.9 Å². The van der Waals surface area contributed by atoms with Gasteiger partial charge in [0.25, 0.3) is 5.91 Å². The topological polar surface area (TPSA) is 52.3 Å². The van der Waals surface area contributed by atoms with Crippen molar-refractivity contribution in [1.29, 1.82) is 0 Å². The van der Waals surface area contributed by atoms with Gasteiger partial charge in [-0.05, 0) is 23.3 Å². The van der Waals surface area contributed by atoms with Crippen LogP contribution in [-0.2, 0) is 10.7 Å². The van der Waals surface area contributed by atoms with E-state index in [0.29, 0.717) is 11.1 Å². The minimum Gasteiger partial charge on any atom is -0.406 e. The van der Waals surface area contributed by atoms with Gasteiger partial charge in [0.15, 0.2) is 0 Å². The van der Waals surface area contributed by atoms with E-state index in [1.807, 2.05) is 0 Å². The molecule has 2 rings (SSSR count). The molecule has 0 saturated heterocycles. The smallest absolute Gasteiger partial charge is 0.406 e. The zero-order valence-electron chi connectivity index (χ0n) is 11.4. The summed E-state index contributed by atoms with van der Waals surface area (Å²) in [4.78, 5) is 10.7. The zero-order chi connectivity index (χ0) is 17.3. The van der Waals surface area contributed by atoms with E-state index in [4.69, 9.17) is 0 Å². The molecule has 0 aliphatic carbocycles. The minimum atomic E-state index is -4.79. The fraction of sp³-hybridized carbons (Fsp3) is 0.133. The molecule has 0 bridgehead atoms. The van der Waals surface area contributed by atoms with Crippen LogP contribution in [0.3, 0.4) is 0 Å². The molecular weight excluding hydrogens is 321 g/mol. The largest absolute Gasteiger partial charge is 0.573 e. The quantitative estimate of drug-likeness (QED) is 0.866. The van der Waals surface area contributed by atoms with Gasteiger partial charge in [-0.2, -0.15) is 8.78 Å². The van der Waals surface area contributed by atoms with Crippen LogP contribution in [0.5, 0.6) is 5.75 Å². The molecule has 122 valence electrons. The van der Waals surface area contributed by atoms with Crippen LogP contribution in [0.15, 0.2) is 48.5 Å². The monoisotopic (exact) mass is 331 g/mol. The highest BCUT2D eigenvalue weighted by molar-refractivity contribution is 5.83. The molecule has 0 aliphatic rings. The van der Waals surface area contributed by atoms with Crippen molar-refractivity contribution in [1.82, 2.24) is 0 Å². The Labute approximate surface area is 127 Å². The summed E-state index contributed by atoms with van der Waals surface area (Å²) in [5.41, 5.74) is 5.03. The van der Waals surface area contributed by atoms with E-state index >= 15 is 0 Å². The van der Waals surface area contributed by atoms with E-state index in [9.17, 15) is 26.7 Å². The number of alkyl halides is 5. The molecule has 0 spiro atoms. The Morgan fingerprint density at radius 1 is 0.826 bits per heavy atom. The number of benzene rings is 2. The molecule has 0 aromatic heterocycles. The van der Waals surface area contributed by atoms with Crippen molar-refractivity contribution in [3.63, 3.8) is 0 Å². The molecule has 2 aromatic rings. The van der Waals surface area contributed by atoms with Gasteiger partial charge in [0.2, 0.25) is 0 Å². The molecule has 0 radical (unpaired) electrons. The normalized spacial score (nSPS) is 12.0. The van der Waals surface area contributed by atoms with Crippen molar-refractivity contribution in [3.05, 3.63) is 54.1 Å². The number of ether oxygens (including phenoxy) is 1. The van der Waals surface area contributed by atoms with Crippen molar-refractivity contribution in [2.75, 3.05) is 0 Å². The summed E-state index contributed by atoms with van der Waals surface area (Å²) in [5, 5.41) is 0. The number of halogens is 5. The Balaban J connectivity index is 2.21. The fourth-order valence-electron chi connectivity index (χ4n) is 1.86. The Morgan fingerprint density at radius 3 is 1.65 bits per heavy atom. The van der Waals surface area contributed by atoms with E-state index in [-0.39, 0.29) is 0 Å². The lowest BCUT2D eigenvalue weighted by molar-refractivity contribution is -0.274. The Kier molecular flexibility index (Phi) is 4.26. The minimum absolute atomic E-state index is 0.391. The van der Waals surface area contributed by atoms with E-state index < -0.39 is 29.5 Å². The summed E-state index contributed by atoms with van der Waals surface area (Å²) in [5.74, 6) is -5.94. The molecule has 0 atom stereocenters. The highest BCUT2D eigenvalue weighted by Gasteiger charge is 2.38. The maximum Gasteiger partial charge on any atom is 0.573 e. The molecule has 0 heterocycles. The number of hydrogen-bond acceptors (Lipinski definition) is 2. The van der Waals surface area contributed by atoms with Crippen LogP contribution in [0, 0.1) is 0 Å². The van der Waals surface area contributed by atoms with Crippen molar-refractivity contribution < 1.29 is 31.5 Å². The molecule has 3 nitrogen and oxygen atoms in total. The van der Waals surface area contributed by atoms with Crippen LogP contribution in [0.2, 0.25) is 0 Å². The molecule has 1 amide bonds. The van der Waals surface area contributed by atoms with Gasteiger partial charge in [-0.1, -0.05) is 36.4 Å². The maximum absolute atomic E-state index is 13.4. The van der Waals surface area contributed by atoms with Crippen LogP contribution in [-0.4, -0.2) is 12.3 Å². The van der Waals surface area contributed by atoms with E-state index in [2.05, 4.69) is 10.5 Å². The van der Waals surface area contributed by atoms with Crippen LogP contribution in [0.1, 0.15) is 5.56 Å². The number of carbonyl (C=O) groups excluding carboxylic acids is 1. The lowest BCUT2D eigenvalue weighted by Gasteiger charge is -2.13. The lowest BCUT2D eigenvalue weighted by Crippen LogP contribution is -2.32. The number of nitrogens with two attached hydrogens (primary N) is 1. The maximum atomic E-state index is 13.4. The van der Waals surface area contributed by atoms with Gasteiger partial charge in [0.1, 0.15) is 5.75 Å². The third-order valence-corrected chi connectivity index (χ3v) is 2.98. The van der Waals surface area contributed by atoms with E-state index in [1.165, 1.54) is 24.3 Å². The number of rotatable bonds is 4. The van der Waals surface area contributed by atoms with Crippen molar-refractivity contribution >= 4 is 5.91 Å². The summed E-state index contributed by atoms with van der Waals surface area (Å²) in [6.45, 7) is 0. The molecule has 2 aromatic carbocycles. The Morgan fingerprint density at radius 2 is 1.26 bits per heavy atom. The average Bonchev–Trinajstić information content (AvgIpc) is 2.46. The molecule has 2 N–H and O–H groups in total. The predicted molar refractivity (Wildman–Crippen MR) is 71.6 cm³/mol. The lowest BCUT2D eigenvalue weighted by atomic mass is 10.0. The van der Waals surface area contributed by atoms with Crippen LogP contribution in [0.25, 0.3) is 11.1 Å². The van der Waals surface area contributed by atoms with Gasteiger partial charge >= 0.3 is 12.3 Å². The highest BCUT2D eigenvalue weighted by atomic mass is 19.4. The first-order valence-electron chi connectivity index (χ1n) is 6.24. The zero-order valence-corrected chi connectivity index (χ0v) is 11.4. The van der Waals surface area contributed by atoms with Crippen molar-refractivity contribution in [2.45, 2.75) is 12.3 Å². The molecule has 0 unspecified atom stereocenters. The van der Waals surface area contributed by atoms with Gasteiger partial charge in [0, 0.05) is 5.56 Å². The average molecular weight is 331 g/mol. The fourth-order valence-corrected chi connectivity index (χ4v) is 1.86. The van der Waals surface area contributed by atoms with E-state index in [0.717, 1.165) is 24.3 Å². The SMILES string of the molecule is NC(=O)C(F)(F)c1ccc(-c2ccc(OC(F)(F)F)cc2)cc1. The molecule has 0 aliphatic heterocycles. The van der Waals surface area contributed by atoms with Gasteiger partial charge in [-0.25, -0.2) is 0 Å². The molecule has 0 saturated carbocycles. The molecule has 0 fully saturated rings. The summed E-state index contributed by atoms with van der Waals surface area (Å²) < 4.78 is 66.7. The third kappa shape index (κ3) is 3.97. The molecule has 23 heavy (non-hydrogen) atoms. The van der Waals surface area contributed by atoms with Crippen LogP contribution >= 0.6 is 0 Å². The molecular formula is C15H10F5NO2. The number of carbonyl (C=O) groups is 1. The summed E-state index contributed by atoms with van der Waals surface area (Å²) >= 11 is 0. The van der Waals surface area contributed by atoms with Gasteiger partial charge in [-0.15, -0.1) is 13.2 Å². The Hall–Kier alpha value is -2.64. The summed E-state index contributed by atoms with van der Waals surface area (Å²) in [6.07, 6.45) is -4.79. The number of amides is 1. The Bertz CT molecular complexity index is 693. The second-order valence-corrected chi connectivity index (χ2v) is 4.59. The van der Waals surface area contributed by atoms with Gasteiger partial charge < -0.3 is 10.5 Å². The van der Waals surface area contributed by atoms with Crippen LogP contribution < -0.4 is 10.5 Å². The number of hydrogen-bond donors (Lipinski definition) is 1. The first-order valence-corrected chi connectivity index (χ1v) is 6.24. The van der Waals surface area contributed by atoms with Gasteiger partial charge in [-0.3, -0.25) is 4.79 Å². The summed E-state index contributed by atoms with van der Waals surface area (Å²) in [6, 6.07) is 9.59. The van der Waals surface area contributed by atoms with Gasteiger partial charge in [0.05, 0.1) is 0 Å². The second kappa shape index (κ2) is 5.86. The molecule has 8 heteroatoms. The first kappa shape index (κ1) is 16.7. The predicted octanol–water partition coefficient (Wildman–Crippen LogP) is 3.83. The van der Waals surface area contributed by atoms with Crippen LogP contribution in [0.4, 0.5) is 22.0 Å². The first-order chi connectivity index (χ1) is 10.6. The third-order valence-electron chi connectivity index (χ3n) is 2.98. The highest BCUT2D eigenvalue weighted by Crippen LogP contribution is 2.31. The van der Waals surface area contributed by atoms with E-state index in [1.54, 1.807) is 0 Å². The number of primary amides is 1.